The summed E-state index contributed by atoms with van der Waals surface area (Å²) in [6, 6.07) is 17.2. The highest BCUT2D eigenvalue weighted by Gasteiger charge is 2.11. The maximum absolute atomic E-state index is 8.83. The summed E-state index contributed by atoms with van der Waals surface area (Å²) in [4.78, 5) is 2.15. The molecule has 0 amide bonds. The first-order valence-electron chi connectivity index (χ1n) is 7.37. The number of hydrogen-bond acceptors (Lipinski definition) is 5. The van der Waals surface area contributed by atoms with Crippen LogP contribution in [0.1, 0.15) is 12.5 Å². The molecule has 3 rings (SSSR count). The minimum Gasteiger partial charge on any atom is -0.416 e. The molecule has 23 heavy (non-hydrogen) atoms. The smallest absolute Gasteiger partial charge is 0.248 e. The van der Waals surface area contributed by atoms with Crippen LogP contribution in [0.2, 0.25) is 0 Å². The summed E-state index contributed by atoms with van der Waals surface area (Å²) in [7, 11) is 2.05. The molecule has 0 unspecified atom stereocenters. The highest BCUT2D eigenvalue weighted by molar-refractivity contribution is 5.61. The molecule has 0 saturated heterocycles. The van der Waals surface area contributed by atoms with Gasteiger partial charge in [0.05, 0.1) is 11.6 Å². The van der Waals surface area contributed by atoms with Crippen molar-refractivity contribution in [3.05, 3.63) is 54.1 Å². The molecular formula is C18H16N4O. The number of aromatic nitrogens is 2. The summed E-state index contributed by atoms with van der Waals surface area (Å²) in [6.45, 7) is 3.05. The van der Waals surface area contributed by atoms with Gasteiger partial charge in [0.15, 0.2) is 0 Å². The zero-order valence-corrected chi connectivity index (χ0v) is 13.0. The quantitative estimate of drug-likeness (QED) is 0.734. The normalized spacial score (nSPS) is 10.3. The molecule has 3 aromatic rings. The van der Waals surface area contributed by atoms with Gasteiger partial charge in [0.2, 0.25) is 11.8 Å². The van der Waals surface area contributed by atoms with Gasteiger partial charge in [0, 0.05) is 30.4 Å². The number of rotatable bonds is 4. The lowest BCUT2D eigenvalue weighted by molar-refractivity contribution is 0.584. The fourth-order valence-corrected chi connectivity index (χ4v) is 2.18. The molecule has 5 nitrogen and oxygen atoms in total. The van der Waals surface area contributed by atoms with Crippen LogP contribution in [-0.4, -0.2) is 23.8 Å². The average Bonchev–Trinajstić information content (AvgIpc) is 3.11. The third-order valence-corrected chi connectivity index (χ3v) is 3.72. The molecule has 0 N–H and O–H groups in total. The van der Waals surface area contributed by atoms with E-state index in [1.54, 1.807) is 24.3 Å². The molecule has 1 aromatic heterocycles. The van der Waals surface area contributed by atoms with Gasteiger partial charge in [-0.25, -0.2) is 0 Å². The van der Waals surface area contributed by atoms with Crippen molar-refractivity contribution in [2.24, 2.45) is 0 Å². The first kappa shape index (κ1) is 14.8. The molecule has 0 aliphatic heterocycles. The second-order valence-electron chi connectivity index (χ2n) is 5.16. The van der Waals surface area contributed by atoms with E-state index in [4.69, 9.17) is 9.68 Å². The second-order valence-corrected chi connectivity index (χ2v) is 5.16. The molecular weight excluding hydrogens is 288 g/mol. The summed E-state index contributed by atoms with van der Waals surface area (Å²) in [5, 5.41) is 17.0. The number of benzene rings is 2. The van der Waals surface area contributed by atoms with Crippen molar-refractivity contribution in [1.29, 1.82) is 5.26 Å². The van der Waals surface area contributed by atoms with Crippen LogP contribution in [0, 0.1) is 11.3 Å². The van der Waals surface area contributed by atoms with Crippen molar-refractivity contribution in [3.8, 4) is 29.0 Å². The van der Waals surface area contributed by atoms with E-state index in [2.05, 4.69) is 28.1 Å². The monoisotopic (exact) mass is 304 g/mol. The molecule has 1 heterocycles. The van der Waals surface area contributed by atoms with E-state index in [0.29, 0.717) is 17.3 Å². The van der Waals surface area contributed by atoms with Gasteiger partial charge in [-0.2, -0.15) is 5.26 Å². The third-order valence-electron chi connectivity index (χ3n) is 3.72. The van der Waals surface area contributed by atoms with Crippen molar-refractivity contribution in [2.75, 3.05) is 18.5 Å². The number of nitriles is 1. The number of nitrogens with zero attached hydrogens (tertiary/aromatic N) is 4. The predicted octanol–water partition coefficient (Wildman–Crippen LogP) is 3.73. The summed E-state index contributed by atoms with van der Waals surface area (Å²) in [5.74, 6) is 0.925. The number of hydrogen-bond donors (Lipinski definition) is 0. The molecule has 0 saturated carbocycles. The van der Waals surface area contributed by atoms with E-state index in [1.807, 2.05) is 31.3 Å². The number of anilines is 1. The van der Waals surface area contributed by atoms with Crippen molar-refractivity contribution >= 4 is 5.69 Å². The van der Waals surface area contributed by atoms with E-state index in [-0.39, 0.29) is 0 Å². The van der Waals surface area contributed by atoms with E-state index < -0.39 is 0 Å². The van der Waals surface area contributed by atoms with Crippen molar-refractivity contribution < 1.29 is 4.42 Å². The maximum Gasteiger partial charge on any atom is 0.248 e. The molecule has 0 atom stereocenters. The third kappa shape index (κ3) is 3.06. The largest absolute Gasteiger partial charge is 0.416 e. The Morgan fingerprint density at radius 2 is 1.48 bits per heavy atom. The Labute approximate surface area is 134 Å². The first-order valence-corrected chi connectivity index (χ1v) is 7.37. The average molecular weight is 304 g/mol. The predicted molar refractivity (Wildman–Crippen MR) is 88.8 cm³/mol. The zero-order chi connectivity index (χ0) is 16.2. The molecule has 0 aliphatic carbocycles. The minimum atomic E-state index is 0.444. The molecule has 0 spiro atoms. The van der Waals surface area contributed by atoms with Gasteiger partial charge < -0.3 is 9.32 Å². The fraction of sp³-hybridized carbons (Fsp3) is 0.167. The molecule has 5 heteroatoms. The lowest BCUT2D eigenvalue weighted by Gasteiger charge is -2.16. The Morgan fingerprint density at radius 1 is 0.957 bits per heavy atom. The van der Waals surface area contributed by atoms with Crippen LogP contribution in [0.4, 0.5) is 5.69 Å². The molecule has 0 fully saturated rings. The SMILES string of the molecule is CCN(C)c1ccc(-c2nnc(-c3ccc(C#N)cc3)o2)cc1. The van der Waals surface area contributed by atoms with Crippen molar-refractivity contribution in [2.45, 2.75) is 6.92 Å². The van der Waals surface area contributed by atoms with Crippen LogP contribution in [0.5, 0.6) is 0 Å². The van der Waals surface area contributed by atoms with Crippen LogP contribution >= 0.6 is 0 Å². The highest BCUT2D eigenvalue weighted by Crippen LogP contribution is 2.25. The van der Waals surface area contributed by atoms with Crippen LogP contribution in [-0.2, 0) is 0 Å². The Balaban J connectivity index is 1.85. The van der Waals surface area contributed by atoms with Crippen LogP contribution < -0.4 is 4.90 Å². The van der Waals surface area contributed by atoms with Gasteiger partial charge in [-0.3, -0.25) is 0 Å². The van der Waals surface area contributed by atoms with E-state index >= 15 is 0 Å². The van der Waals surface area contributed by atoms with Gasteiger partial charge in [-0.1, -0.05) is 0 Å². The molecule has 114 valence electrons. The lowest BCUT2D eigenvalue weighted by atomic mass is 10.1. The molecule has 0 radical (unpaired) electrons. The van der Waals surface area contributed by atoms with E-state index in [9.17, 15) is 0 Å². The van der Waals surface area contributed by atoms with Crippen molar-refractivity contribution in [3.63, 3.8) is 0 Å². The highest BCUT2D eigenvalue weighted by atomic mass is 16.4. The van der Waals surface area contributed by atoms with Crippen LogP contribution in [0.25, 0.3) is 22.9 Å². The Morgan fingerprint density at radius 3 is 1.96 bits per heavy atom. The Kier molecular flexibility index (Phi) is 4.07. The fourth-order valence-electron chi connectivity index (χ4n) is 2.18. The van der Waals surface area contributed by atoms with Crippen LogP contribution in [0.15, 0.2) is 52.9 Å². The Hall–Kier alpha value is -3.13. The van der Waals surface area contributed by atoms with E-state index in [1.165, 1.54) is 0 Å². The molecule has 0 aliphatic rings. The van der Waals surface area contributed by atoms with Gasteiger partial charge in [-0.15, -0.1) is 10.2 Å². The van der Waals surface area contributed by atoms with Gasteiger partial charge >= 0.3 is 0 Å². The van der Waals surface area contributed by atoms with Gasteiger partial charge in [-0.05, 0) is 55.5 Å². The zero-order valence-electron chi connectivity index (χ0n) is 13.0. The van der Waals surface area contributed by atoms with E-state index in [0.717, 1.165) is 23.4 Å². The minimum absolute atomic E-state index is 0.444. The summed E-state index contributed by atoms with van der Waals surface area (Å²) in [5.41, 5.74) is 3.42. The maximum atomic E-state index is 8.83. The van der Waals surface area contributed by atoms with Gasteiger partial charge in [0.25, 0.3) is 0 Å². The summed E-state index contributed by atoms with van der Waals surface area (Å²) in [6.07, 6.45) is 0. The summed E-state index contributed by atoms with van der Waals surface area (Å²) < 4.78 is 5.74. The Bertz CT molecular complexity index is 829. The first-order chi connectivity index (χ1) is 11.2. The molecule has 0 bridgehead atoms. The summed E-state index contributed by atoms with van der Waals surface area (Å²) >= 11 is 0. The standard InChI is InChI=1S/C18H16N4O/c1-3-22(2)16-10-8-15(9-11-16)18-21-20-17(23-18)14-6-4-13(12-19)5-7-14/h4-11H,3H2,1-2H3. The van der Waals surface area contributed by atoms with Crippen LogP contribution in [0.3, 0.4) is 0 Å². The van der Waals surface area contributed by atoms with Gasteiger partial charge in [0.1, 0.15) is 0 Å². The molecule has 2 aromatic carbocycles. The lowest BCUT2D eigenvalue weighted by Crippen LogP contribution is -2.15. The topological polar surface area (TPSA) is 66.0 Å². The van der Waals surface area contributed by atoms with Crippen molar-refractivity contribution in [1.82, 2.24) is 10.2 Å². The second kappa shape index (κ2) is 6.32.